The first-order valence-corrected chi connectivity index (χ1v) is 6.31. The summed E-state index contributed by atoms with van der Waals surface area (Å²) in [6.45, 7) is 5.86. The minimum absolute atomic E-state index is 0. The SMILES string of the molecule is CC(c1ccc[nH]1)N(C)CC1CCNCC1.Cl. The van der Waals surface area contributed by atoms with Crippen LogP contribution >= 0.6 is 12.4 Å². The fourth-order valence-corrected chi connectivity index (χ4v) is 2.47. The van der Waals surface area contributed by atoms with E-state index in [1.807, 2.05) is 6.20 Å². The van der Waals surface area contributed by atoms with Gasteiger partial charge in [0.05, 0.1) is 0 Å². The maximum absolute atomic E-state index is 3.42. The third-order valence-electron chi connectivity index (χ3n) is 3.74. The molecule has 4 heteroatoms. The lowest BCUT2D eigenvalue weighted by Crippen LogP contribution is -2.35. The Balaban J connectivity index is 0.00000144. The van der Waals surface area contributed by atoms with Crippen molar-refractivity contribution in [2.45, 2.75) is 25.8 Å². The van der Waals surface area contributed by atoms with Crippen molar-refractivity contribution in [3.05, 3.63) is 24.0 Å². The Morgan fingerprint density at radius 2 is 2.12 bits per heavy atom. The summed E-state index contributed by atoms with van der Waals surface area (Å²) in [5.74, 6) is 0.865. The average molecular weight is 258 g/mol. The number of aromatic amines is 1. The highest BCUT2D eigenvalue weighted by Gasteiger charge is 2.18. The lowest BCUT2D eigenvalue weighted by Gasteiger charge is -2.30. The molecule has 0 radical (unpaired) electrons. The van der Waals surface area contributed by atoms with Gasteiger partial charge in [0.15, 0.2) is 0 Å². The Labute approximate surface area is 110 Å². The molecule has 1 aliphatic heterocycles. The molecule has 2 N–H and O–H groups in total. The lowest BCUT2D eigenvalue weighted by molar-refractivity contribution is 0.194. The van der Waals surface area contributed by atoms with Crippen molar-refractivity contribution in [1.82, 2.24) is 15.2 Å². The van der Waals surface area contributed by atoms with Crippen LogP contribution in [-0.4, -0.2) is 36.6 Å². The lowest BCUT2D eigenvalue weighted by atomic mass is 9.97. The number of nitrogens with zero attached hydrogens (tertiary/aromatic N) is 1. The predicted molar refractivity (Wildman–Crippen MR) is 74.7 cm³/mol. The monoisotopic (exact) mass is 257 g/mol. The van der Waals surface area contributed by atoms with Crippen molar-refractivity contribution in [3.63, 3.8) is 0 Å². The second-order valence-corrected chi connectivity index (χ2v) is 4.93. The van der Waals surface area contributed by atoms with Gasteiger partial charge in [-0.3, -0.25) is 4.90 Å². The third-order valence-corrected chi connectivity index (χ3v) is 3.74. The van der Waals surface area contributed by atoms with Crippen LogP contribution in [0.15, 0.2) is 18.3 Å². The first-order chi connectivity index (χ1) is 7.77. The summed E-state index contributed by atoms with van der Waals surface area (Å²) >= 11 is 0. The third kappa shape index (κ3) is 4.02. The minimum Gasteiger partial charge on any atom is -0.364 e. The van der Waals surface area contributed by atoms with E-state index in [2.05, 4.69) is 41.3 Å². The van der Waals surface area contributed by atoms with E-state index in [1.165, 1.54) is 38.2 Å². The van der Waals surface area contributed by atoms with Gasteiger partial charge in [-0.1, -0.05) is 0 Å². The molecule has 1 unspecified atom stereocenters. The van der Waals surface area contributed by atoms with Crippen LogP contribution < -0.4 is 5.32 Å². The molecule has 1 saturated heterocycles. The molecule has 0 aliphatic carbocycles. The molecule has 1 aliphatic rings. The Bertz CT molecular complexity index is 294. The summed E-state index contributed by atoms with van der Waals surface area (Å²) in [6, 6.07) is 4.73. The van der Waals surface area contributed by atoms with Crippen molar-refractivity contribution < 1.29 is 0 Å². The number of piperidine rings is 1. The van der Waals surface area contributed by atoms with Crippen LogP contribution in [-0.2, 0) is 0 Å². The standard InChI is InChI=1S/C13H23N3.ClH/c1-11(13-4-3-7-15-13)16(2)10-12-5-8-14-9-6-12;/h3-4,7,11-12,14-15H,5-6,8-10H2,1-2H3;1H. The normalized spacial score (nSPS) is 19.0. The molecule has 0 spiro atoms. The van der Waals surface area contributed by atoms with Gasteiger partial charge in [0.1, 0.15) is 0 Å². The van der Waals surface area contributed by atoms with Gasteiger partial charge in [-0.2, -0.15) is 0 Å². The molecule has 1 aromatic rings. The van der Waals surface area contributed by atoms with E-state index < -0.39 is 0 Å². The molecule has 17 heavy (non-hydrogen) atoms. The van der Waals surface area contributed by atoms with Crippen LogP contribution in [0.2, 0.25) is 0 Å². The largest absolute Gasteiger partial charge is 0.364 e. The Hall–Kier alpha value is -0.510. The van der Waals surface area contributed by atoms with Gasteiger partial charge in [0.25, 0.3) is 0 Å². The first kappa shape index (κ1) is 14.6. The van der Waals surface area contributed by atoms with Crippen LogP contribution in [0.3, 0.4) is 0 Å². The van der Waals surface area contributed by atoms with E-state index in [9.17, 15) is 0 Å². The van der Waals surface area contributed by atoms with Gasteiger partial charge in [-0.05, 0) is 58.0 Å². The predicted octanol–water partition coefficient (Wildman–Crippen LogP) is 2.43. The summed E-state index contributed by atoms with van der Waals surface area (Å²) in [7, 11) is 2.23. The van der Waals surface area contributed by atoms with Crippen LogP contribution in [0.1, 0.15) is 31.5 Å². The van der Waals surface area contributed by atoms with Crippen LogP contribution in [0.25, 0.3) is 0 Å². The number of rotatable bonds is 4. The van der Waals surface area contributed by atoms with Gasteiger partial charge < -0.3 is 10.3 Å². The smallest absolute Gasteiger partial charge is 0.0467 e. The van der Waals surface area contributed by atoms with E-state index in [4.69, 9.17) is 0 Å². The number of hydrogen-bond acceptors (Lipinski definition) is 2. The maximum Gasteiger partial charge on any atom is 0.0467 e. The van der Waals surface area contributed by atoms with Gasteiger partial charge in [0, 0.05) is 24.5 Å². The Morgan fingerprint density at radius 1 is 1.41 bits per heavy atom. The van der Waals surface area contributed by atoms with Crippen molar-refractivity contribution in [2.24, 2.45) is 5.92 Å². The molecular formula is C13H24ClN3. The summed E-state index contributed by atoms with van der Waals surface area (Å²) in [4.78, 5) is 5.76. The molecule has 0 saturated carbocycles. The molecule has 0 aromatic carbocycles. The highest BCUT2D eigenvalue weighted by atomic mass is 35.5. The van der Waals surface area contributed by atoms with Crippen molar-refractivity contribution in [3.8, 4) is 0 Å². The fourth-order valence-electron chi connectivity index (χ4n) is 2.47. The summed E-state index contributed by atoms with van der Waals surface area (Å²) in [5.41, 5.74) is 1.32. The van der Waals surface area contributed by atoms with E-state index in [0.29, 0.717) is 6.04 Å². The fraction of sp³-hybridized carbons (Fsp3) is 0.692. The van der Waals surface area contributed by atoms with E-state index in [-0.39, 0.29) is 12.4 Å². The number of halogens is 1. The first-order valence-electron chi connectivity index (χ1n) is 6.31. The van der Waals surface area contributed by atoms with Crippen molar-refractivity contribution in [1.29, 1.82) is 0 Å². The van der Waals surface area contributed by atoms with Gasteiger partial charge in [0.2, 0.25) is 0 Å². The summed E-state index contributed by atoms with van der Waals surface area (Å²) < 4.78 is 0. The Kier molecular flexibility index (Phi) is 6.03. The number of nitrogens with one attached hydrogen (secondary N) is 2. The quantitative estimate of drug-likeness (QED) is 0.868. The topological polar surface area (TPSA) is 31.1 Å². The van der Waals surface area contributed by atoms with Crippen molar-refractivity contribution >= 4 is 12.4 Å². The molecule has 0 bridgehead atoms. The van der Waals surface area contributed by atoms with Crippen molar-refractivity contribution in [2.75, 3.05) is 26.7 Å². The molecule has 1 atom stereocenters. The molecule has 0 amide bonds. The maximum atomic E-state index is 3.42. The highest BCUT2D eigenvalue weighted by molar-refractivity contribution is 5.85. The van der Waals surface area contributed by atoms with Gasteiger partial charge in [-0.15, -0.1) is 12.4 Å². The number of H-pyrrole nitrogens is 1. The molecule has 1 aromatic heterocycles. The molecule has 2 rings (SSSR count). The van der Waals surface area contributed by atoms with Gasteiger partial charge in [-0.25, -0.2) is 0 Å². The summed E-state index contributed by atoms with van der Waals surface area (Å²) in [5, 5.41) is 3.42. The zero-order valence-electron chi connectivity index (χ0n) is 10.8. The zero-order valence-corrected chi connectivity index (χ0v) is 11.6. The molecule has 98 valence electrons. The second-order valence-electron chi connectivity index (χ2n) is 4.93. The molecule has 1 fully saturated rings. The molecule has 3 nitrogen and oxygen atoms in total. The zero-order chi connectivity index (χ0) is 11.4. The van der Waals surface area contributed by atoms with E-state index in [1.54, 1.807) is 0 Å². The Morgan fingerprint density at radius 3 is 2.71 bits per heavy atom. The second kappa shape index (κ2) is 7.04. The van der Waals surface area contributed by atoms with E-state index in [0.717, 1.165) is 5.92 Å². The van der Waals surface area contributed by atoms with E-state index >= 15 is 0 Å². The molecule has 2 heterocycles. The average Bonchev–Trinajstić information content (AvgIpc) is 2.83. The number of hydrogen-bond donors (Lipinski definition) is 2. The molecular weight excluding hydrogens is 234 g/mol. The summed E-state index contributed by atoms with van der Waals surface area (Å²) in [6.07, 6.45) is 4.65. The van der Waals surface area contributed by atoms with Crippen LogP contribution in [0, 0.1) is 5.92 Å². The van der Waals surface area contributed by atoms with Crippen LogP contribution in [0.4, 0.5) is 0 Å². The van der Waals surface area contributed by atoms with Gasteiger partial charge >= 0.3 is 0 Å². The number of aromatic nitrogens is 1. The minimum atomic E-state index is 0. The highest BCUT2D eigenvalue weighted by Crippen LogP contribution is 2.20. The van der Waals surface area contributed by atoms with Crippen LogP contribution in [0.5, 0.6) is 0 Å².